The van der Waals surface area contributed by atoms with Crippen molar-refractivity contribution in [2.75, 3.05) is 0 Å². The standard InChI is InChI=1S/C19H28O/c1-3-4-5-9-12-18-13-16(2)14-19(18)20-15-17-10-7-6-8-11-17/h6-8,10-11,14,18-19H,3-5,9,12-13,15H2,1-2H3. The van der Waals surface area contributed by atoms with E-state index in [0.717, 1.165) is 6.61 Å². The second-order valence-corrected chi connectivity index (χ2v) is 6.09. The lowest BCUT2D eigenvalue weighted by Crippen LogP contribution is -2.18. The van der Waals surface area contributed by atoms with Crippen molar-refractivity contribution in [1.29, 1.82) is 0 Å². The van der Waals surface area contributed by atoms with Crippen LogP contribution < -0.4 is 0 Å². The van der Waals surface area contributed by atoms with Gasteiger partial charge in [-0.05, 0) is 31.2 Å². The number of allylic oxidation sites excluding steroid dienone is 1. The summed E-state index contributed by atoms with van der Waals surface area (Å²) in [5.74, 6) is 0.704. The van der Waals surface area contributed by atoms with Gasteiger partial charge in [-0.15, -0.1) is 0 Å². The van der Waals surface area contributed by atoms with Gasteiger partial charge in [0.05, 0.1) is 12.7 Å². The summed E-state index contributed by atoms with van der Waals surface area (Å²) >= 11 is 0. The molecular weight excluding hydrogens is 244 g/mol. The van der Waals surface area contributed by atoms with Gasteiger partial charge in [0.25, 0.3) is 0 Å². The number of ether oxygens (including phenoxy) is 1. The van der Waals surface area contributed by atoms with E-state index in [-0.39, 0.29) is 0 Å². The maximum Gasteiger partial charge on any atom is 0.0794 e. The molecule has 0 radical (unpaired) electrons. The highest BCUT2D eigenvalue weighted by Crippen LogP contribution is 2.32. The van der Waals surface area contributed by atoms with Crippen LogP contribution in [0.4, 0.5) is 0 Å². The first-order chi connectivity index (χ1) is 9.79. The van der Waals surface area contributed by atoms with Gasteiger partial charge < -0.3 is 4.74 Å². The Morgan fingerprint density at radius 1 is 1.10 bits per heavy atom. The predicted octanol–water partition coefficient (Wildman–Crippen LogP) is 5.51. The lowest BCUT2D eigenvalue weighted by Gasteiger charge is -2.20. The Hall–Kier alpha value is -1.08. The summed E-state index contributed by atoms with van der Waals surface area (Å²) in [7, 11) is 0. The molecule has 0 aliphatic heterocycles. The molecule has 2 unspecified atom stereocenters. The average molecular weight is 272 g/mol. The zero-order valence-electron chi connectivity index (χ0n) is 13.0. The second-order valence-electron chi connectivity index (χ2n) is 6.09. The molecule has 0 amide bonds. The lowest BCUT2D eigenvalue weighted by molar-refractivity contribution is 0.0368. The largest absolute Gasteiger partial charge is 0.369 e. The monoisotopic (exact) mass is 272 g/mol. The van der Waals surface area contributed by atoms with Gasteiger partial charge in [0.1, 0.15) is 0 Å². The minimum atomic E-state index is 0.330. The van der Waals surface area contributed by atoms with E-state index in [1.54, 1.807) is 0 Å². The van der Waals surface area contributed by atoms with Crippen molar-refractivity contribution in [2.24, 2.45) is 5.92 Å². The molecule has 0 fully saturated rings. The van der Waals surface area contributed by atoms with E-state index >= 15 is 0 Å². The van der Waals surface area contributed by atoms with Gasteiger partial charge in [0.2, 0.25) is 0 Å². The highest BCUT2D eigenvalue weighted by molar-refractivity contribution is 5.15. The molecule has 0 aromatic heterocycles. The maximum absolute atomic E-state index is 6.15. The third-order valence-electron chi connectivity index (χ3n) is 4.21. The van der Waals surface area contributed by atoms with Crippen molar-refractivity contribution in [1.82, 2.24) is 0 Å². The summed E-state index contributed by atoms with van der Waals surface area (Å²) in [4.78, 5) is 0. The Balaban J connectivity index is 1.78. The molecule has 1 aliphatic rings. The molecule has 0 heterocycles. The summed E-state index contributed by atoms with van der Waals surface area (Å²) in [6.45, 7) is 5.25. The quantitative estimate of drug-likeness (QED) is 0.448. The molecule has 0 saturated carbocycles. The van der Waals surface area contributed by atoms with Crippen LogP contribution in [0.1, 0.15) is 57.9 Å². The van der Waals surface area contributed by atoms with Crippen molar-refractivity contribution < 1.29 is 4.74 Å². The molecule has 20 heavy (non-hydrogen) atoms. The maximum atomic E-state index is 6.15. The molecule has 1 nitrogen and oxygen atoms in total. The summed E-state index contributed by atoms with van der Waals surface area (Å²) in [5, 5.41) is 0. The molecule has 0 bridgehead atoms. The van der Waals surface area contributed by atoms with E-state index in [4.69, 9.17) is 4.74 Å². The van der Waals surface area contributed by atoms with E-state index in [9.17, 15) is 0 Å². The summed E-state index contributed by atoms with van der Waals surface area (Å²) in [6.07, 6.45) is 10.6. The molecular formula is C19H28O. The number of hydrogen-bond donors (Lipinski definition) is 0. The van der Waals surface area contributed by atoms with Gasteiger partial charge in [-0.25, -0.2) is 0 Å². The smallest absolute Gasteiger partial charge is 0.0794 e. The Labute approximate surface area is 124 Å². The van der Waals surface area contributed by atoms with E-state index in [0.29, 0.717) is 12.0 Å². The minimum Gasteiger partial charge on any atom is -0.369 e. The lowest BCUT2D eigenvalue weighted by atomic mass is 9.96. The summed E-state index contributed by atoms with van der Waals surface area (Å²) in [6, 6.07) is 10.5. The Morgan fingerprint density at radius 3 is 2.65 bits per heavy atom. The van der Waals surface area contributed by atoms with Crippen LogP contribution in [0.3, 0.4) is 0 Å². The zero-order valence-corrected chi connectivity index (χ0v) is 13.0. The fourth-order valence-electron chi connectivity index (χ4n) is 3.06. The van der Waals surface area contributed by atoms with Gasteiger partial charge in [-0.3, -0.25) is 0 Å². The van der Waals surface area contributed by atoms with Crippen LogP contribution in [0.5, 0.6) is 0 Å². The Bertz CT molecular complexity index is 407. The van der Waals surface area contributed by atoms with Crippen LogP contribution in [-0.2, 0) is 11.3 Å². The van der Waals surface area contributed by atoms with Crippen LogP contribution in [0.2, 0.25) is 0 Å². The van der Waals surface area contributed by atoms with Crippen molar-refractivity contribution in [3.8, 4) is 0 Å². The number of rotatable bonds is 8. The van der Waals surface area contributed by atoms with Gasteiger partial charge in [-0.1, -0.05) is 74.6 Å². The molecule has 110 valence electrons. The summed E-state index contributed by atoms with van der Waals surface area (Å²) < 4.78 is 6.15. The van der Waals surface area contributed by atoms with Gasteiger partial charge in [-0.2, -0.15) is 0 Å². The topological polar surface area (TPSA) is 9.23 Å². The van der Waals surface area contributed by atoms with Gasteiger partial charge in [0, 0.05) is 0 Å². The van der Waals surface area contributed by atoms with E-state index in [1.165, 1.54) is 49.7 Å². The SMILES string of the molecule is CCCCCCC1CC(C)=CC1OCc1ccccc1. The van der Waals surface area contributed by atoms with Crippen LogP contribution >= 0.6 is 0 Å². The van der Waals surface area contributed by atoms with Gasteiger partial charge in [0.15, 0.2) is 0 Å². The van der Waals surface area contributed by atoms with E-state index in [2.05, 4.69) is 50.3 Å². The van der Waals surface area contributed by atoms with Gasteiger partial charge >= 0.3 is 0 Å². The minimum absolute atomic E-state index is 0.330. The molecule has 0 N–H and O–H groups in total. The highest BCUT2D eigenvalue weighted by atomic mass is 16.5. The number of unbranched alkanes of at least 4 members (excludes halogenated alkanes) is 3. The van der Waals surface area contributed by atoms with E-state index < -0.39 is 0 Å². The average Bonchev–Trinajstić information content (AvgIpc) is 2.83. The first-order valence-electron chi connectivity index (χ1n) is 8.12. The van der Waals surface area contributed by atoms with Crippen LogP contribution in [0.25, 0.3) is 0 Å². The van der Waals surface area contributed by atoms with E-state index in [1.807, 2.05) is 0 Å². The first-order valence-corrected chi connectivity index (χ1v) is 8.12. The van der Waals surface area contributed by atoms with Crippen LogP contribution in [-0.4, -0.2) is 6.10 Å². The molecule has 0 spiro atoms. The Kier molecular flexibility index (Phi) is 6.32. The van der Waals surface area contributed by atoms with Crippen molar-refractivity contribution in [2.45, 2.75) is 65.1 Å². The third kappa shape index (κ3) is 4.79. The third-order valence-corrected chi connectivity index (χ3v) is 4.21. The Morgan fingerprint density at radius 2 is 1.90 bits per heavy atom. The molecule has 1 aliphatic carbocycles. The fourth-order valence-corrected chi connectivity index (χ4v) is 3.06. The zero-order chi connectivity index (χ0) is 14.2. The number of hydrogen-bond acceptors (Lipinski definition) is 1. The van der Waals surface area contributed by atoms with Crippen LogP contribution in [0, 0.1) is 5.92 Å². The van der Waals surface area contributed by atoms with Crippen LogP contribution in [0.15, 0.2) is 42.0 Å². The highest BCUT2D eigenvalue weighted by Gasteiger charge is 2.25. The fraction of sp³-hybridized carbons (Fsp3) is 0.579. The molecule has 1 aromatic carbocycles. The molecule has 0 saturated heterocycles. The second kappa shape index (κ2) is 8.26. The van der Waals surface area contributed by atoms with Crippen molar-refractivity contribution in [3.05, 3.63) is 47.5 Å². The normalized spacial score (nSPS) is 22.0. The van der Waals surface area contributed by atoms with Crippen molar-refractivity contribution >= 4 is 0 Å². The molecule has 2 atom stereocenters. The molecule has 2 rings (SSSR count). The summed E-state index contributed by atoms with van der Waals surface area (Å²) in [5.41, 5.74) is 2.78. The van der Waals surface area contributed by atoms with Crippen molar-refractivity contribution in [3.63, 3.8) is 0 Å². The molecule has 1 aromatic rings. The first kappa shape index (κ1) is 15.3. The molecule has 1 heteroatoms. The number of benzene rings is 1. The predicted molar refractivity (Wildman–Crippen MR) is 85.6 cm³/mol.